The summed E-state index contributed by atoms with van der Waals surface area (Å²) >= 11 is 0. The van der Waals surface area contributed by atoms with Crippen LogP contribution in [0, 0.1) is 0 Å². The number of aromatic hydroxyl groups is 1. The van der Waals surface area contributed by atoms with Crippen molar-refractivity contribution in [1.29, 1.82) is 0 Å². The molecule has 3 rings (SSSR count). The highest BCUT2D eigenvalue weighted by Crippen LogP contribution is 2.38. The van der Waals surface area contributed by atoms with Crippen LogP contribution in [0.15, 0.2) is 54.6 Å². The maximum Gasteiger partial charge on any atom is 0.127 e. The standard InChI is InChI=1S/C25H31NO/c1-24(2,3)21-14-20(16-26-25(4,5)6)23(27)22(15-21)19-12-11-17-9-7-8-10-18(17)13-19/h7-15,26-27H,16H2,1-6H3. The van der Waals surface area contributed by atoms with Gasteiger partial charge in [0.05, 0.1) is 0 Å². The number of phenolic OH excluding ortho intramolecular Hbond substituents is 1. The van der Waals surface area contributed by atoms with E-state index in [4.69, 9.17) is 0 Å². The predicted octanol–water partition coefficient (Wildman–Crippen LogP) is 6.40. The van der Waals surface area contributed by atoms with E-state index in [1.165, 1.54) is 16.3 Å². The molecular formula is C25H31NO. The largest absolute Gasteiger partial charge is 0.507 e. The zero-order valence-electron chi connectivity index (χ0n) is 17.4. The van der Waals surface area contributed by atoms with Crippen LogP contribution in [0.3, 0.4) is 0 Å². The Balaban J connectivity index is 2.14. The van der Waals surface area contributed by atoms with Crippen molar-refractivity contribution in [2.75, 3.05) is 0 Å². The summed E-state index contributed by atoms with van der Waals surface area (Å²) in [4.78, 5) is 0. The second-order valence-electron chi connectivity index (χ2n) is 9.45. The number of nitrogens with one attached hydrogen (secondary N) is 1. The first-order chi connectivity index (χ1) is 12.5. The van der Waals surface area contributed by atoms with Crippen LogP contribution in [0.2, 0.25) is 0 Å². The van der Waals surface area contributed by atoms with Gasteiger partial charge in [0.1, 0.15) is 5.75 Å². The van der Waals surface area contributed by atoms with Crippen molar-refractivity contribution >= 4 is 10.8 Å². The van der Waals surface area contributed by atoms with Crippen LogP contribution in [-0.2, 0) is 12.0 Å². The maximum atomic E-state index is 11.1. The first-order valence-electron chi connectivity index (χ1n) is 9.65. The third-order valence-electron chi connectivity index (χ3n) is 4.92. The Morgan fingerprint density at radius 1 is 0.815 bits per heavy atom. The first-order valence-corrected chi connectivity index (χ1v) is 9.65. The highest BCUT2D eigenvalue weighted by molar-refractivity contribution is 5.88. The first kappa shape index (κ1) is 19.4. The third-order valence-corrected chi connectivity index (χ3v) is 4.92. The van der Waals surface area contributed by atoms with Crippen LogP contribution in [0.1, 0.15) is 52.7 Å². The molecule has 0 aliphatic rings. The molecular weight excluding hydrogens is 330 g/mol. The smallest absolute Gasteiger partial charge is 0.127 e. The number of benzene rings is 3. The molecule has 0 amide bonds. The number of phenols is 1. The van der Waals surface area contributed by atoms with Crippen molar-refractivity contribution in [3.63, 3.8) is 0 Å². The Morgan fingerprint density at radius 3 is 2.11 bits per heavy atom. The van der Waals surface area contributed by atoms with E-state index in [2.05, 4.69) is 101 Å². The molecule has 0 unspecified atom stereocenters. The molecule has 0 radical (unpaired) electrons. The summed E-state index contributed by atoms with van der Waals surface area (Å²) < 4.78 is 0. The fourth-order valence-electron chi connectivity index (χ4n) is 3.20. The van der Waals surface area contributed by atoms with E-state index in [-0.39, 0.29) is 11.0 Å². The second kappa shape index (κ2) is 7.01. The van der Waals surface area contributed by atoms with Gasteiger partial charge in [-0.25, -0.2) is 0 Å². The van der Waals surface area contributed by atoms with E-state index in [0.717, 1.165) is 16.7 Å². The molecule has 0 aliphatic carbocycles. The summed E-state index contributed by atoms with van der Waals surface area (Å²) in [6.45, 7) is 13.7. The summed E-state index contributed by atoms with van der Waals surface area (Å²) in [6.07, 6.45) is 0. The van der Waals surface area contributed by atoms with Crippen molar-refractivity contribution in [2.24, 2.45) is 0 Å². The van der Waals surface area contributed by atoms with Gasteiger partial charge in [-0.3, -0.25) is 0 Å². The fourth-order valence-corrected chi connectivity index (χ4v) is 3.20. The lowest BCUT2D eigenvalue weighted by Crippen LogP contribution is -2.35. The van der Waals surface area contributed by atoms with Gasteiger partial charge in [0, 0.05) is 23.2 Å². The predicted molar refractivity (Wildman–Crippen MR) is 116 cm³/mol. The van der Waals surface area contributed by atoms with Gasteiger partial charge in [-0.05, 0) is 60.2 Å². The molecule has 3 aromatic rings. The molecule has 0 heterocycles. The van der Waals surface area contributed by atoms with Crippen LogP contribution in [-0.4, -0.2) is 10.6 Å². The van der Waals surface area contributed by atoms with Crippen LogP contribution in [0.25, 0.3) is 21.9 Å². The van der Waals surface area contributed by atoms with E-state index in [1.54, 1.807) is 0 Å². The maximum absolute atomic E-state index is 11.1. The van der Waals surface area contributed by atoms with Crippen molar-refractivity contribution in [3.05, 3.63) is 65.7 Å². The molecule has 2 N–H and O–H groups in total. The lowest BCUT2D eigenvalue weighted by Gasteiger charge is -2.25. The average molecular weight is 362 g/mol. The van der Waals surface area contributed by atoms with Crippen LogP contribution in [0.5, 0.6) is 5.75 Å². The van der Waals surface area contributed by atoms with E-state index < -0.39 is 0 Å². The normalized spacial score (nSPS) is 12.5. The van der Waals surface area contributed by atoms with Crippen molar-refractivity contribution in [2.45, 2.75) is 59.0 Å². The Morgan fingerprint density at radius 2 is 1.48 bits per heavy atom. The number of hydrogen-bond acceptors (Lipinski definition) is 2. The second-order valence-corrected chi connectivity index (χ2v) is 9.45. The Kier molecular flexibility index (Phi) is 5.05. The molecule has 27 heavy (non-hydrogen) atoms. The van der Waals surface area contributed by atoms with Crippen LogP contribution >= 0.6 is 0 Å². The van der Waals surface area contributed by atoms with Gasteiger partial charge in [-0.2, -0.15) is 0 Å². The quantitative estimate of drug-likeness (QED) is 0.566. The molecule has 0 atom stereocenters. The number of rotatable bonds is 3. The highest BCUT2D eigenvalue weighted by Gasteiger charge is 2.20. The van der Waals surface area contributed by atoms with Gasteiger partial charge in [0.2, 0.25) is 0 Å². The van der Waals surface area contributed by atoms with E-state index >= 15 is 0 Å². The zero-order valence-corrected chi connectivity index (χ0v) is 17.4. The Bertz CT molecular complexity index is 958. The monoisotopic (exact) mass is 361 g/mol. The minimum atomic E-state index is -0.00666. The Labute approximate surface area is 163 Å². The molecule has 2 heteroatoms. The van der Waals surface area contributed by atoms with Gasteiger partial charge < -0.3 is 10.4 Å². The van der Waals surface area contributed by atoms with Gasteiger partial charge >= 0.3 is 0 Å². The molecule has 0 aliphatic heterocycles. The number of hydrogen-bond donors (Lipinski definition) is 2. The lowest BCUT2D eigenvalue weighted by atomic mass is 9.83. The lowest BCUT2D eigenvalue weighted by molar-refractivity contribution is 0.411. The number of fused-ring (bicyclic) bond motifs is 1. The molecule has 0 spiro atoms. The molecule has 0 aromatic heterocycles. The minimum absolute atomic E-state index is 0.00666. The van der Waals surface area contributed by atoms with Gasteiger partial charge in [0.25, 0.3) is 0 Å². The Hall–Kier alpha value is -2.32. The van der Waals surface area contributed by atoms with Gasteiger partial charge in [-0.1, -0.05) is 63.2 Å². The van der Waals surface area contributed by atoms with Gasteiger partial charge in [-0.15, -0.1) is 0 Å². The van der Waals surface area contributed by atoms with E-state index in [9.17, 15) is 5.11 Å². The summed E-state index contributed by atoms with van der Waals surface area (Å²) in [7, 11) is 0. The fraction of sp³-hybridized carbons (Fsp3) is 0.360. The molecule has 2 nitrogen and oxygen atoms in total. The van der Waals surface area contributed by atoms with E-state index in [1.807, 2.05) is 0 Å². The highest BCUT2D eigenvalue weighted by atomic mass is 16.3. The van der Waals surface area contributed by atoms with Crippen LogP contribution in [0.4, 0.5) is 0 Å². The topological polar surface area (TPSA) is 32.3 Å². The van der Waals surface area contributed by atoms with Crippen LogP contribution < -0.4 is 5.32 Å². The molecule has 142 valence electrons. The SMILES string of the molecule is CC(C)(C)NCc1cc(C(C)(C)C)cc(-c2ccc3ccccc3c2)c1O. The third kappa shape index (κ3) is 4.51. The van der Waals surface area contributed by atoms with Crippen molar-refractivity contribution in [3.8, 4) is 16.9 Å². The van der Waals surface area contributed by atoms with Crippen molar-refractivity contribution in [1.82, 2.24) is 5.32 Å². The minimum Gasteiger partial charge on any atom is -0.507 e. The summed E-state index contributed by atoms with van der Waals surface area (Å²) in [5.41, 5.74) is 4.13. The van der Waals surface area contributed by atoms with Gasteiger partial charge in [0.15, 0.2) is 0 Å². The van der Waals surface area contributed by atoms with E-state index in [0.29, 0.717) is 12.3 Å². The molecule has 0 saturated heterocycles. The zero-order chi connectivity index (χ0) is 19.8. The molecule has 0 saturated carbocycles. The molecule has 0 bridgehead atoms. The molecule has 3 aromatic carbocycles. The average Bonchev–Trinajstić information content (AvgIpc) is 2.58. The summed E-state index contributed by atoms with van der Waals surface area (Å²) in [5.74, 6) is 0.370. The summed E-state index contributed by atoms with van der Waals surface area (Å²) in [6, 6.07) is 19.0. The summed E-state index contributed by atoms with van der Waals surface area (Å²) in [5, 5.41) is 17.0. The molecule has 0 fully saturated rings. The van der Waals surface area contributed by atoms with Crippen molar-refractivity contribution < 1.29 is 5.11 Å².